The Morgan fingerprint density at radius 1 is 1.25 bits per heavy atom. The number of aryl methyl sites for hydroxylation is 1. The molecule has 1 aromatic heterocycles. The van der Waals surface area contributed by atoms with Gasteiger partial charge in [0.2, 0.25) is 0 Å². The van der Waals surface area contributed by atoms with Crippen LogP contribution in [0.4, 0.5) is 0 Å². The Labute approximate surface area is 121 Å². The lowest BCUT2D eigenvalue weighted by Gasteiger charge is -2.02. The molecule has 0 unspecified atom stereocenters. The van der Waals surface area contributed by atoms with E-state index in [1.165, 1.54) is 42.1 Å². The van der Waals surface area contributed by atoms with Crippen molar-refractivity contribution >= 4 is 10.9 Å². The second-order valence-electron chi connectivity index (χ2n) is 5.69. The third kappa shape index (κ3) is 3.05. The van der Waals surface area contributed by atoms with E-state index in [0.29, 0.717) is 6.54 Å². The van der Waals surface area contributed by atoms with E-state index in [1.807, 2.05) is 0 Å². The van der Waals surface area contributed by atoms with Crippen LogP contribution in [0.1, 0.15) is 31.2 Å². The minimum atomic E-state index is 0.656. The second-order valence-corrected chi connectivity index (χ2v) is 5.69. The van der Waals surface area contributed by atoms with Gasteiger partial charge in [-0.2, -0.15) is 0 Å². The van der Waals surface area contributed by atoms with E-state index in [1.54, 1.807) is 0 Å². The number of nitrogens with zero attached hydrogens (tertiary/aromatic N) is 1. The molecule has 0 atom stereocenters. The van der Waals surface area contributed by atoms with Gasteiger partial charge in [0.15, 0.2) is 0 Å². The Morgan fingerprint density at radius 3 is 2.90 bits per heavy atom. The van der Waals surface area contributed by atoms with Crippen molar-refractivity contribution < 1.29 is 0 Å². The summed E-state index contributed by atoms with van der Waals surface area (Å²) in [5.74, 6) is 2.74. The van der Waals surface area contributed by atoms with Crippen LogP contribution >= 0.6 is 0 Å². The summed E-state index contributed by atoms with van der Waals surface area (Å²) < 4.78 is 2.19. The lowest BCUT2D eigenvalue weighted by molar-refractivity contribution is 0.620. The van der Waals surface area contributed by atoms with Crippen LogP contribution in [0.25, 0.3) is 10.9 Å². The number of rotatable bonds is 7. The largest absolute Gasteiger partial charge is 0.336 e. The highest BCUT2D eigenvalue weighted by molar-refractivity contribution is 5.84. The molecule has 1 aliphatic carbocycles. The molecule has 1 heterocycles. The van der Waals surface area contributed by atoms with Gasteiger partial charge in [-0.3, -0.25) is 0 Å². The average molecular weight is 266 g/mol. The van der Waals surface area contributed by atoms with Gasteiger partial charge in [-0.15, -0.1) is 6.42 Å². The van der Waals surface area contributed by atoms with E-state index in [-0.39, 0.29) is 0 Å². The molecule has 1 fully saturated rings. The summed E-state index contributed by atoms with van der Waals surface area (Å²) in [7, 11) is 0. The van der Waals surface area contributed by atoms with E-state index in [0.717, 1.165) is 19.0 Å². The lowest BCUT2D eigenvalue weighted by Crippen LogP contribution is -2.17. The molecule has 1 aliphatic rings. The minimum absolute atomic E-state index is 0.656. The fourth-order valence-electron chi connectivity index (χ4n) is 2.79. The van der Waals surface area contributed by atoms with Gasteiger partial charge >= 0.3 is 0 Å². The Morgan fingerprint density at radius 2 is 2.10 bits per heavy atom. The molecule has 1 aromatic carbocycles. The fraction of sp³-hybridized carbons (Fsp3) is 0.444. The van der Waals surface area contributed by atoms with Crippen LogP contribution in [-0.4, -0.2) is 17.2 Å². The van der Waals surface area contributed by atoms with E-state index in [2.05, 4.69) is 46.3 Å². The maximum Gasteiger partial charge on any atom is 0.0835 e. The van der Waals surface area contributed by atoms with Crippen LogP contribution in [0.5, 0.6) is 0 Å². The first-order chi connectivity index (χ1) is 9.88. The highest BCUT2D eigenvalue weighted by Crippen LogP contribution is 2.23. The Kier molecular flexibility index (Phi) is 4.08. The quantitative estimate of drug-likeness (QED) is 0.601. The average Bonchev–Trinajstić information content (AvgIpc) is 3.23. The van der Waals surface area contributed by atoms with Crippen molar-refractivity contribution in [2.45, 2.75) is 44.7 Å². The molecule has 20 heavy (non-hydrogen) atoms. The molecule has 104 valence electrons. The van der Waals surface area contributed by atoms with Crippen molar-refractivity contribution in [1.82, 2.24) is 9.88 Å². The Balaban J connectivity index is 1.62. The Hall–Kier alpha value is -1.72. The van der Waals surface area contributed by atoms with Gasteiger partial charge in [-0.25, -0.2) is 0 Å². The number of nitrogens with one attached hydrogen (secondary N) is 1. The number of aromatic nitrogens is 1. The van der Waals surface area contributed by atoms with Crippen molar-refractivity contribution in [2.24, 2.45) is 0 Å². The topological polar surface area (TPSA) is 17.0 Å². The van der Waals surface area contributed by atoms with Crippen molar-refractivity contribution in [3.63, 3.8) is 0 Å². The zero-order chi connectivity index (χ0) is 13.8. The van der Waals surface area contributed by atoms with Gasteiger partial charge in [-0.1, -0.05) is 24.1 Å². The van der Waals surface area contributed by atoms with Crippen LogP contribution in [0.2, 0.25) is 0 Å². The molecule has 0 spiro atoms. The predicted octanol–water partition coefficient (Wildman–Crippen LogP) is 3.35. The number of para-hydroxylation sites is 1. The highest BCUT2D eigenvalue weighted by atomic mass is 15.0. The molecule has 0 saturated heterocycles. The van der Waals surface area contributed by atoms with Crippen molar-refractivity contribution in [1.29, 1.82) is 0 Å². The van der Waals surface area contributed by atoms with Crippen LogP contribution in [-0.2, 0) is 13.0 Å². The zero-order valence-electron chi connectivity index (χ0n) is 11.9. The number of terminal acetylenes is 1. The summed E-state index contributed by atoms with van der Waals surface area (Å²) >= 11 is 0. The van der Waals surface area contributed by atoms with Gasteiger partial charge in [0, 0.05) is 23.1 Å². The van der Waals surface area contributed by atoms with Crippen LogP contribution in [0.15, 0.2) is 30.5 Å². The predicted molar refractivity (Wildman–Crippen MR) is 84.7 cm³/mol. The summed E-state index contributed by atoms with van der Waals surface area (Å²) in [6.45, 7) is 1.82. The minimum Gasteiger partial charge on any atom is -0.336 e. The van der Waals surface area contributed by atoms with Gasteiger partial charge in [0.25, 0.3) is 0 Å². The van der Waals surface area contributed by atoms with E-state index >= 15 is 0 Å². The molecule has 0 amide bonds. The number of hydrogen-bond acceptors (Lipinski definition) is 1. The summed E-state index contributed by atoms with van der Waals surface area (Å²) in [4.78, 5) is 0. The molecule has 3 rings (SSSR count). The summed E-state index contributed by atoms with van der Waals surface area (Å²) in [6, 6.07) is 9.39. The third-order valence-electron chi connectivity index (χ3n) is 4.02. The molecule has 1 N–H and O–H groups in total. The molecule has 0 bridgehead atoms. The Bertz CT molecular complexity index is 614. The van der Waals surface area contributed by atoms with Gasteiger partial charge < -0.3 is 9.88 Å². The number of unbranched alkanes of at least 4 members (excludes halogenated alkanes) is 1. The first-order valence-corrected chi connectivity index (χ1v) is 7.62. The first kappa shape index (κ1) is 13.3. The maximum absolute atomic E-state index is 5.46. The second kappa shape index (κ2) is 6.15. The van der Waals surface area contributed by atoms with E-state index < -0.39 is 0 Å². The fourth-order valence-corrected chi connectivity index (χ4v) is 2.79. The number of benzene rings is 1. The monoisotopic (exact) mass is 266 g/mol. The van der Waals surface area contributed by atoms with Crippen LogP contribution in [0, 0.1) is 12.3 Å². The summed E-state index contributed by atoms with van der Waals surface area (Å²) in [5, 5.41) is 4.93. The van der Waals surface area contributed by atoms with Gasteiger partial charge in [0.1, 0.15) is 0 Å². The molecule has 2 nitrogen and oxygen atoms in total. The van der Waals surface area contributed by atoms with Crippen LogP contribution in [0.3, 0.4) is 0 Å². The van der Waals surface area contributed by atoms with Crippen molar-refractivity contribution in [3.8, 4) is 12.3 Å². The summed E-state index contributed by atoms with van der Waals surface area (Å²) in [6.07, 6.45) is 14.1. The zero-order valence-corrected chi connectivity index (χ0v) is 11.9. The summed E-state index contributed by atoms with van der Waals surface area (Å²) in [5.41, 5.74) is 2.69. The van der Waals surface area contributed by atoms with Crippen LogP contribution < -0.4 is 5.32 Å². The van der Waals surface area contributed by atoms with E-state index in [4.69, 9.17) is 6.42 Å². The SMILES string of the molecule is C#CCn1cc(CCCCNC2CC2)c2ccccc21. The highest BCUT2D eigenvalue weighted by Gasteiger charge is 2.19. The van der Waals surface area contributed by atoms with Gasteiger partial charge in [0.05, 0.1) is 6.54 Å². The maximum atomic E-state index is 5.46. The first-order valence-electron chi connectivity index (χ1n) is 7.62. The standard InChI is InChI=1S/C18H22N2/c1-2-13-20-14-15(17-8-3-4-9-18(17)20)7-5-6-12-19-16-10-11-16/h1,3-4,8-9,14,16,19H,5-7,10-13H2. The number of hydrogen-bond donors (Lipinski definition) is 1. The molecule has 2 heteroatoms. The smallest absolute Gasteiger partial charge is 0.0835 e. The molecule has 0 aliphatic heterocycles. The van der Waals surface area contributed by atoms with Crippen molar-refractivity contribution in [3.05, 3.63) is 36.0 Å². The van der Waals surface area contributed by atoms with Gasteiger partial charge in [-0.05, 0) is 50.3 Å². The molecular weight excluding hydrogens is 244 g/mol. The molecular formula is C18H22N2. The van der Waals surface area contributed by atoms with E-state index in [9.17, 15) is 0 Å². The van der Waals surface area contributed by atoms with Crippen molar-refractivity contribution in [2.75, 3.05) is 6.54 Å². The number of fused-ring (bicyclic) bond motifs is 1. The molecule has 0 radical (unpaired) electrons. The lowest BCUT2D eigenvalue weighted by atomic mass is 10.1. The molecule has 1 saturated carbocycles. The third-order valence-corrected chi connectivity index (χ3v) is 4.02. The molecule has 2 aromatic rings. The normalized spacial score (nSPS) is 14.6.